The van der Waals surface area contributed by atoms with E-state index in [-0.39, 0.29) is 11.8 Å². The van der Waals surface area contributed by atoms with Crippen LogP contribution in [0, 0.1) is 0 Å². The molecule has 1 aliphatic rings. The van der Waals surface area contributed by atoms with Crippen molar-refractivity contribution in [2.75, 3.05) is 36.5 Å². The third-order valence-electron chi connectivity index (χ3n) is 4.68. The summed E-state index contributed by atoms with van der Waals surface area (Å²) < 4.78 is 5.59. The number of hydrogen-bond donors (Lipinski definition) is 1. The molecule has 30 heavy (non-hydrogen) atoms. The van der Waals surface area contributed by atoms with E-state index in [1.54, 1.807) is 18.2 Å². The molecule has 0 unspecified atom stereocenters. The van der Waals surface area contributed by atoms with Gasteiger partial charge < -0.3 is 15.0 Å². The Morgan fingerprint density at radius 3 is 2.53 bits per heavy atom. The van der Waals surface area contributed by atoms with Crippen molar-refractivity contribution in [2.45, 2.75) is 19.3 Å². The predicted octanol–water partition coefficient (Wildman–Crippen LogP) is 4.91. The maximum Gasteiger partial charge on any atom is 0.227 e. The van der Waals surface area contributed by atoms with Gasteiger partial charge in [-0.05, 0) is 36.2 Å². The summed E-state index contributed by atoms with van der Waals surface area (Å²) in [6, 6.07) is 12.6. The van der Waals surface area contributed by atoms with Gasteiger partial charge in [-0.15, -0.1) is 0 Å². The minimum absolute atomic E-state index is 0.0922. The molecule has 1 aliphatic heterocycles. The van der Waals surface area contributed by atoms with E-state index < -0.39 is 0 Å². The second-order valence-corrected chi connectivity index (χ2v) is 8.93. The summed E-state index contributed by atoms with van der Waals surface area (Å²) in [5.74, 6) is 2.59. The molecule has 1 saturated heterocycles. The molecule has 1 N–H and O–H groups in total. The molecule has 0 radical (unpaired) electrons. The van der Waals surface area contributed by atoms with E-state index in [1.165, 1.54) is 0 Å². The van der Waals surface area contributed by atoms with Crippen molar-refractivity contribution in [1.29, 1.82) is 0 Å². The number of nitrogens with one attached hydrogen (secondary N) is 1. The van der Waals surface area contributed by atoms with Crippen molar-refractivity contribution >= 4 is 52.5 Å². The second-order valence-electron chi connectivity index (χ2n) is 6.92. The molecule has 1 heterocycles. The van der Waals surface area contributed by atoms with Gasteiger partial charge in [-0.1, -0.05) is 41.4 Å². The van der Waals surface area contributed by atoms with E-state index in [0.29, 0.717) is 47.4 Å². The van der Waals surface area contributed by atoms with E-state index in [0.717, 1.165) is 30.2 Å². The Bertz CT molecular complexity index is 871. The zero-order valence-corrected chi connectivity index (χ0v) is 18.9. The summed E-state index contributed by atoms with van der Waals surface area (Å²) >= 11 is 13.9. The van der Waals surface area contributed by atoms with Crippen LogP contribution in [0.2, 0.25) is 10.0 Å². The van der Waals surface area contributed by atoms with Crippen LogP contribution < -0.4 is 10.1 Å². The molecule has 0 aromatic heterocycles. The van der Waals surface area contributed by atoms with Gasteiger partial charge in [-0.3, -0.25) is 9.59 Å². The standard InChI is InChI=1S/C22H24Cl2N2O3S/c23-18-3-1-4-19(22(18)24)29-12-2-5-20(27)25-17-8-6-16(7-9-17)15-21(28)26-10-13-30-14-11-26/h1,3-4,6-9H,2,5,10-15H2,(H,25,27). The van der Waals surface area contributed by atoms with Crippen LogP contribution in [0.15, 0.2) is 42.5 Å². The Kier molecular flexibility index (Phi) is 8.73. The molecular weight excluding hydrogens is 443 g/mol. The zero-order chi connectivity index (χ0) is 21.3. The van der Waals surface area contributed by atoms with Gasteiger partial charge in [0.05, 0.1) is 18.1 Å². The maximum atomic E-state index is 12.3. The molecule has 0 atom stereocenters. The number of nitrogens with zero attached hydrogens (tertiary/aromatic N) is 1. The van der Waals surface area contributed by atoms with Crippen molar-refractivity contribution in [1.82, 2.24) is 4.90 Å². The van der Waals surface area contributed by atoms with Crippen LogP contribution in [0.3, 0.4) is 0 Å². The highest BCUT2D eigenvalue weighted by molar-refractivity contribution is 7.99. The Morgan fingerprint density at radius 1 is 1.07 bits per heavy atom. The topological polar surface area (TPSA) is 58.6 Å². The van der Waals surface area contributed by atoms with E-state index in [9.17, 15) is 9.59 Å². The monoisotopic (exact) mass is 466 g/mol. The average Bonchev–Trinajstić information content (AvgIpc) is 2.76. The van der Waals surface area contributed by atoms with Crippen LogP contribution in [-0.2, 0) is 16.0 Å². The maximum absolute atomic E-state index is 12.3. The van der Waals surface area contributed by atoms with Crippen molar-refractivity contribution in [3.05, 3.63) is 58.1 Å². The van der Waals surface area contributed by atoms with Gasteiger partial charge in [-0.2, -0.15) is 11.8 Å². The summed E-state index contributed by atoms with van der Waals surface area (Å²) in [6.45, 7) is 2.01. The molecule has 2 aromatic carbocycles. The minimum Gasteiger partial charge on any atom is -0.492 e. The summed E-state index contributed by atoms with van der Waals surface area (Å²) in [5, 5.41) is 3.68. The highest BCUT2D eigenvalue weighted by Gasteiger charge is 2.16. The lowest BCUT2D eigenvalue weighted by Crippen LogP contribution is -2.38. The van der Waals surface area contributed by atoms with Gasteiger partial charge in [0.15, 0.2) is 0 Å². The summed E-state index contributed by atoms with van der Waals surface area (Å²) in [6.07, 6.45) is 1.27. The molecule has 0 bridgehead atoms. The van der Waals surface area contributed by atoms with Crippen LogP contribution in [-0.4, -0.2) is 47.9 Å². The highest BCUT2D eigenvalue weighted by atomic mass is 35.5. The first-order valence-corrected chi connectivity index (χ1v) is 11.7. The lowest BCUT2D eigenvalue weighted by atomic mass is 10.1. The largest absolute Gasteiger partial charge is 0.492 e. The van der Waals surface area contributed by atoms with E-state index in [1.807, 2.05) is 40.9 Å². The number of rotatable bonds is 8. The second kappa shape index (κ2) is 11.5. The molecule has 0 saturated carbocycles. The van der Waals surface area contributed by atoms with E-state index >= 15 is 0 Å². The lowest BCUT2D eigenvalue weighted by molar-refractivity contribution is -0.130. The number of amides is 2. The summed E-state index contributed by atoms with van der Waals surface area (Å²) in [4.78, 5) is 26.4. The van der Waals surface area contributed by atoms with Crippen LogP contribution in [0.4, 0.5) is 5.69 Å². The SMILES string of the molecule is O=C(CCCOc1cccc(Cl)c1Cl)Nc1ccc(CC(=O)N2CCSCC2)cc1. The number of hydrogen-bond acceptors (Lipinski definition) is 4. The van der Waals surface area contributed by atoms with E-state index in [2.05, 4.69) is 5.32 Å². The summed E-state index contributed by atoms with van der Waals surface area (Å²) in [5.41, 5.74) is 1.66. The zero-order valence-electron chi connectivity index (χ0n) is 16.5. The lowest BCUT2D eigenvalue weighted by Gasteiger charge is -2.26. The Hall–Kier alpha value is -1.89. The predicted molar refractivity (Wildman–Crippen MR) is 124 cm³/mol. The number of halogens is 2. The summed E-state index contributed by atoms with van der Waals surface area (Å²) in [7, 11) is 0. The Morgan fingerprint density at radius 2 is 1.80 bits per heavy atom. The molecular formula is C22H24Cl2N2O3S. The van der Waals surface area contributed by atoms with Crippen molar-refractivity contribution < 1.29 is 14.3 Å². The van der Waals surface area contributed by atoms with Gasteiger partial charge in [0.1, 0.15) is 10.8 Å². The highest BCUT2D eigenvalue weighted by Crippen LogP contribution is 2.31. The third-order valence-corrected chi connectivity index (χ3v) is 6.42. The molecule has 5 nitrogen and oxygen atoms in total. The van der Waals surface area contributed by atoms with Gasteiger partial charge >= 0.3 is 0 Å². The van der Waals surface area contributed by atoms with Crippen LogP contribution in [0.25, 0.3) is 0 Å². The van der Waals surface area contributed by atoms with Crippen molar-refractivity contribution in [3.8, 4) is 5.75 Å². The first kappa shape index (κ1) is 22.8. The Balaban J connectivity index is 1.38. The molecule has 2 amide bonds. The van der Waals surface area contributed by atoms with Crippen molar-refractivity contribution in [3.63, 3.8) is 0 Å². The molecule has 3 rings (SSSR count). The van der Waals surface area contributed by atoms with E-state index in [4.69, 9.17) is 27.9 Å². The van der Waals surface area contributed by atoms with Gasteiger partial charge in [0, 0.05) is 36.7 Å². The smallest absolute Gasteiger partial charge is 0.227 e. The molecule has 2 aromatic rings. The molecule has 160 valence electrons. The van der Waals surface area contributed by atoms with Crippen molar-refractivity contribution in [2.24, 2.45) is 0 Å². The normalized spacial score (nSPS) is 13.7. The number of anilines is 1. The fourth-order valence-electron chi connectivity index (χ4n) is 3.04. The fraction of sp³-hybridized carbons (Fsp3) is 0.364. The quantitative estimate of drug-likeness (QED) is 0.561. The first-order chi connectivity index (χ1) is 14.5. The van der Waals surface area contributed by atoms with Gasteiger partial charge in [0.25, 0.3) is 0 Å². The molecule has 1 fully saturated rings. The third kappa shape index (κ3) is 6.83. The first-order valence-electron chi connectivity index (χ1n) is 9.84. The number of ether oxygens (including phenoxy) is 1. The number of carbonyl (C=O) groups excluding carboxylic acids is 2. The molecule has 0 spiro atoms. The number of carbonyl (C=O) groups is 2. The fourth-order valence-corrected chi connectivity index (χ4v) is 4.29. The van der Waals surface area contributed by atoms with Crippen LogP contribution in [0.1, 0.15) is 18.4 Å². The molecule has 8 heteroatoms. The van der Waals surface area contributed by atoms with Gasteiger partial charge in [0.2, 0.25) is 11.8 Å². The Labute approximate surface area is 191 Å². The number of thioether (sulfide) groups is 1. The van der Waals surface area contributed by atoms with Crippen LogP contribution in [0.5, 0.6) is 5.75 Å². The minimum atomic E-state index is -0.0922. The average molecular weight is 467 g/mol. The number of benzene rings is 2. The van der Waals surface area contributed by atoms with Crippen LogP contribution >= 0.6 is 35.0 Å². The van der Waals surface area contributed by atoms with Gasteiger partial charge in [-0.25, -0.2) is 0 Å². The molecule has 0 aliphatic carbocycles.